The Hall–Kier alpha value is -2.43. The first-order valence-corrected chi connectivity index (χ1v) is 6.88. The van der Waals surface area contributed by atoms with Gasteiger partial charge in [0.05, 0.1) is 5.69 Å². The maximum atomic E-state index is 13.7. The van der Waals surface area contributed by atoms with Crippen LogP contribution in [-0.4, -0.2) is 17.4 Å². The summed E-state index contributed by atoms with van der Waals surface area (Å²) in [6.07, 6.45) is 2.54. The summed E-state index contributed by atoms with van der Waals surface area (Å²) in [5.74, 6) is -0.882. The Morgan fingerprint density at radius 1 is 1.33 bits per heavy atom. The Bertz CT molecular complexity index is 623. The summed E-state index contributed by atoms with van der Waals surface area (Å²) in [5.41, 5.74) is 1.93. The molecular weight excluding hydrogens is 269 g/mol. The summed E-state index contributed by atoms with van der Waals surface area (Å²) in [5, 5.41) is 5.76. The van der Waals surface area contributed by atoms with Gasteiger partial charge in [-0.2, -0.15) is 0 Å². The molecule has 0 fully saturated rings. The van der Waals surface area contributed by atoms with Gasteiger partial charge in [0.15, 0.2) is 0 Å². The Labute approximate surface area is 123 Å². The number of anilines is 2. The van der Waals surface area contributed by atoms with E-state index in [1.54, 1.807) is 37.4 Å². The van der Waals surface area contributed by atoms with E-state index in [1.165, 1.54) is 6.07 Å². The lowest BCUT2D eigenvalue weighted by Crippen LogP contribution is -2.16. The van der Waals surface area contributed by atoms with Gasteiger partial charge in [-0.3, -0.25) is 9.78 Å². The third-order valence-electron chi connectivity index (χ3n) is 3.03. The molecule has 0 unspecified atom stereocenters. The number of hydrogen-bond acceptors (Lipinski definition) is 3. The first kappa shape index (κ1) is 15.0. The van der Waals surface area contributed by atoms with E-state index in [2.05, 4.69) is 22.5 Å². The molecule has 1 heterocycles. The molecule has 110 valence electrons. The minimum atomic E-state index is -0.455. The highest BCUT2D eigenvalue weighted by molar-refractivity contribution is 6.03. The van der Waals surface area contributed by atoms with Gasteiger partial charge in [-0.05, 0) is 37.1 Å². The highest BCUT2D eigenvalue weighted by Crippen LogP contribution is 2.19. The number of benzene rings is 1. The van der Waals surface area contributed by atoms with Crippen molar-refractivity contribution in [3.63, 3.8) is 0 Å². The van der Waals surface area contributed by atoms with Gasteiger partial charge >= 0.3 is 0 Å². The largest absolute Gasteiger partial charge is 0.385 e. The zero-order valence-corrected chi connectivity index (χ0v) is 12.1. The van der Waals surface area contributed by atoms with Gasteiger partial charge in [0.2, 0.25) is 0 Å². The van der Waals surface area contributed by atoms with Crippen molar-refractivity contribution in [2.75, 3.05) is 17.2 Å². The summed E-state index contributed by atoms with van der Waals surface area (Å²) < 4.78 is 13.7. The van der Waals surface area contributed by atoms with Crippen molar-refractivity contribution in [1.29, 1.82) is 0 Å². The number of pyridine rings is 1. The number of nitrogens with one attached hydrogen (secondary N) is 2. The number of amides is 1. The van der Waals surface area contributed by atoms with Gasteiger partial charge in [-0.1, -0.05) is 19.1 Å². The number of nitrogens with zero attached hydrogens (tertiary/aromatic N) is 1. The Morgan fingerprint density at radius 2 is 2.14 bits per heavy atom. The molecule has 4 nitrogen and oxygen atoms in total. The Kier molecular flexibility index (Phi) is 4.87. The maximum absolute atomic E-state index is 13.7. The lowest BCUT2D eigenvalue weighted by atomic mass is 10.2. The van der Waals surface area contributed by atoms with E-state index in [1.807, 2.05) is 0 Å². The monoisotopic (exact) mass is 287 g/mol. The molecule has 2 rings (SSSR count). The standard InChI is InChI=1S/C16H18FN3O/c1-3-8-18-12-7-9-19-14(10-12)16(21)20-15-11(2)5-4-6-13(15)17/h4-7,9-10H,3,8H2,1-2H3,(H,18,19)(H,20,21). The van der Waals surface area contributed by atoms with E-state index in [0.717, 1.165) is 18.7 Å². The number of rotatable bonds is 5. The smallest absolute Gasteiger partial charge is 0.274 e. The van der Waals surface area contributed by atoms with Crippen molar-refractivity contribution in [2.45, 2.75) is 20.3 Å². The normalized spacial score (nSPS) is 10.2. The molecule has 0 aliphatic carbocycles. The Morgan fingerprint density at radius 3 is 2.86 bits per heavy atom. The van der Waals surface area contributed by atoms with Crippen molar-refractivity contribution < 1.29 is 9.18 Å². The van der Waals surface area contributed by atoms with Crippen molar-refractivity contribution in [1.82, 2.24) is 4.98 Å². The van der Waals surface area contributed by atoms with Crippen LogP contribution in [0.4, 0.5) is 15.8 Å². The molecule has 0 atom stereocenters. The van der Waals surface area contributed by atoms with Crippen LogP contribution in [-0.2, 0) is 0 Å². The Balaban J connectivity index is 2.17. The van der Waals surface area contributed by atoms with Gasteiger partial charge in [-0.25, -0.2) is 4.39 Å². The van der Waals surface area contributed by atoms with Crippen LogP contribution in [0.5, 0.6) is 0 Å². The van der Waals surface area contributed by atoms with Crippen LogP contribution < -0.4 is 10.6 Å². The van der Waals surface area contributed by atoms with Crippen molar-refractivity contribution in [3.8, 4) is 0 Å². The van der Waals surface area contributed by atoms with Crippen LogP contribution in [0.25, 0.3) is 0 Å². The molecule has 0 bridgehead atoms. The van der Waals surface area contributed by atoms with Crippen LogP contribution in [0.1, 0.15) is 29.4 Å². The van der Waals surface area contributed by atoms with E-state index >= 15 is 0 Å². The molecule has 0 aliphatic heterocycles. The summed E-state index contributed by atoms with van der Waals surface area (Å²) in [6.45, 7) is 4.62. The average molecular weight is 287 g/mol. The molecule has 0 aliphatic rings. The van der Waals surface area contributed by atoms with Crippen LogP contribution in [0.3, 0.4) is 0 Å². The topological polar surface area (TPSA) is 54.0 Å². The van der Waals surface area contributed by atoms with Gasteiger partial charge in [0.25, 0.3) is 5.91 Å². The second-order valence-electron chi connectivity index (χ2n) is 4.74. The summed E-state index contributed by atoms with van der Waals surface area (Å²) >= 11 is 0. The first-order valence-electron chi connectivity index (χ1n) is 6.88. The fourth-order valence-corrected chi connectivity index (χ4v) is 1.90. The first-order chi connectivity index (χ1) is 10.1. The minimum Gasteiger partial charge on any atom is -0.385 e. The summed E-state index contributed by atoms with van der Waals surface area (Å²) in [6, 6.07) is 8.11. The van der Waals surface area contributed by atoms with Gasteiger partial charge in [0.1, 0.15) is 11.5 Å². The number of halogens is 1. The number of para-hydroxylation sites is 1. The quantitative estimate of drug-likeness (QED) is 0.883. The fraction of sp³-hybridized carbons (Fsp3) is 0.250. The van der Waals surface area contributed by atoms with E-state index in [0.29, 0.717) is 5.56 Å². The van der Waals surface area contributed by atoms with Gasteiger partial charge < -0.3 is 10.6 Å². The predicted molar refractivity (Wildman–Crippen MR) is 82.1 cm³/mol. The molecule has 1 aromatic heterocycles. The summed E-state index contributed by atoms with van der Waals surface area (Å²) in [4.78, 5) is 16.2. The third-order valence-corrected chi connectivity index (χ3v) is 3.03. The molecule has 2 aromatic rings. The number of aryl methyl sites for hydroxylation is 1. The fourth-order valence-electron chi connectivity index (χ4n) is 1.90. The average Bonchev–Trinajstić information content (AvgIpc) is 2.49. The molecule has 0 radical (unpaired) electrons. The van der Waals surface area contributed by atoms with Crippen LogP contribution >= 0.6 is 0 Å². The number of carbonyl (C=O) groups is 1. The molecule has 5 heteroatoms. The molecule has 0 spiro atoms. The highest BCUT2D eigenvalue weighted by Gasteiger charge is 2.12. The van der Waals surface area contributed by atoms with E-state index in [4.69, 9.17) is 0 Å². The van der Waals surface area contributed by atoms with Crippen LogP contribution in [0.15, 0.2) is 36.5 Å². The lowest BCUT2D eigenvalue weighted by molar-refractivity contribution is 0.102. The second kappa shape index (κ2) is 6.83. The van der Waals surface area contributed by atoms with E-state index in [-0.39, 0.29) is 11.4 Å². The van der Waals surface area contributed by atoms with Crippen molar-refractivity contribution >= 4 is 17.3 Å². The summed E-state index contributed by atoms with van der Waals surface area (Å²) in [7, 11) is 0. The van der Waals surface area contributed by atoms with E-state index < -0.39 is 11.7 Å². The molecule has 1 amide bonds. The van der Waals surface area contributed by atoms with Crippen molar-refractivity contribution in [2.24, 2.45) is 0 Å². The molecule has 2 N–H and O–H groups in total. The van der Waals surface area contributed by atoms with Crippen LogP contribution in [0.2, 0.25) is 0 Å². The van der Waals surface area contributed by atoms with Crippen molar-refractivity contribution in [3.05, 3.63) is 53.6 Å². The predicted octanol–water partition coefficient (Wildman–Crippen LogP) is 3.60. The van der Waals surface area contributed by atoms with E-state index in [9.17, 15) is 9.18 Å². The zero-order chi connectivity index (χ0) is 15.2. The van der Waals surface area contributed by atoms with Gasteiger partial charge in [0, 0.05) is 18.4 Å². The highest BCUT2D eigenvalue weighted by atomic mass is 19.1. The molecule has 21 heavy (non-hydrogen) atoms. The number of aromatic nitrogens is 1. The lowest BCUT2D eigenvalue weighted by Gasteiger charge is -2.10. The molecular formula is C16H18FN3O. The number of carbonyl (C=O) groups excluding carboxylic acids is 1. The molecule has 1 aromatic carbocycles. The zero-order valence-electron chi connectivity index (χ0n) is 12.1. The SMILES string of the molecule is CCCNc1ccnc(C(=O)Nc2c(C)cccc2F)c1. The minimum absolute atomic E-state index is 0.191. The second-order valence-corrected chi connectivity index (χ2v) is 4.74. The van der Waals surface area contributed by atoms with Crippen LogP contribution in [0, 0.1) is 12.7 Å². The number of hydrogen-bond donors (Lipinski definition) is 2. The maximum Gasteiger partial charge on any atom is 0.274 e. The van der Waals surface area contributed by atoms with Gasteiger partial charge in [-0.15, -0.1) is 0 Å². The third kappa shape index (κ3) is 3.78. The molecule has 0 saturated heterocycles. The molecule has 0 saturated carbocycles.